The van der Waals surface area contributed by atoms with Crippen LogP contribution in [0.25, 0.3) is 0 Å². The minimum absolute atomic E-state index is 0.238. The topological polar surface area (TPSA) is 46.2 Å². The Hall–Kier alpha value is -2.56. The molecule has 5 nitrogen and oxygen atoms in total. The summed E-state index contributed by atoms with van der Waals surface area (Å²) in [5.41, 5.74) is 2.28. The summed E-state index contributed by atoms with van der Waals surface area (Å²) in [7, 11) is 4.94. The van der Waals surface area contributed by atoms with Gasteiger partial charge >= 0.3 is 0 Å². The Morgan fingerprint density at radius 3 is 2.04 bits per heavy atom. The van der Waals surface area contributed by atoms with Crippen molar-refractivity contribution >= 4 is 0 Å². The number of hydrogen-bond donors (Lipinski definition) is 0. The first-order valence-corrected chi connectivity index (χ1v) is 7.42. The van der Waals surface area contributed by atoms with Crippen LogP contribution in [-0.4, -0.2) is 28.1 Å². The fourth-order valence-corrected chi connectivity index (χ4v) is 2.63. The molecule has 3 rings (SSSR count). The quantitative estimate of drug-likeness (QED) is 0.819. The number of aryl methyl sites for hydroxylation is 2. The van der Waals surface area contributed by atoms with E-state index < -0.39 is 0 Å². The van der Waals surface area contributed by atoms with E-state index in [1.807, 2.05) is 30.3 Å². The van der Waals surface area contributed by atoms with Gasteiger partial charge in [0.15, 0.2) is 11.5 Å². The van der Waals surface area contributed by atoms with E-state index in [9.17, 15) is 0 Å². The summed E-state index contributed by atoms with van der Waals surface area (Å²) < 4.78 is 26.9. The smallest absolute Gasteiger partial charge is 0.231 e. The fraction of sp³-hybridized carbons (Fsp3) is 0.333. The molecule has 0 fully saturated rings. The van der Waals surface area contributed by atoms with Crippen molar-refractivity contribution in [3.63, 3.8) is 0 Å². The maximum Gasteiger partial charge on any atom is 0.231 e. The number of rotatable bonds is 6. The average molecular weight is 316 g/mol. The van der Waals surface area contributed by atoms with Gasteiger partial charge in [-0.25, -0.2) is 0 Å². The molecule has 0 saturated heterocycles. The fourth-order valence-electron chi connectivity index (χ4n) is 2.63. The van der Waals surface area contributed by atoms with Gasteiger partial charge in [-0.1, -0.05) is 0 Å². The molecule has 0 N–H and O–H groups in total. The summed E-state index contributed by atoms with van der Waals surface area (Å²) in [5.74, 6) is 3.71. The SMILES string of the molecule is COc1cc(CCc2cc(OC)c3c(c2)OCO3)cc(OC)c1. The molecule has 0 aliphatic carbocycles. The van der Waals surface area contributed by atoms with Crippen molar-refractivity contribution in [3.05, 3.63) is 41.5 Å². The molecule has 0 bridgehead atoms. The summed E-state index contributed by atoms with van der Waals surface area (Å²) in [6, 6.07) is 9.90. The Morgan fingerprint density at radius 2 is 1.43 bits per heavy atom. The Morgan fingerprint density at radius 1 is 0.783 bits per heavy atom. The summed E-state index contributed by atoms with van der Waals surface area (Å²) in [4.78, 5) is 0. The Balaban J connectivity index is 1.78. The van der Waals surface area contributed by atoms with Gasteiger partial charge in [-0.15, -0.1) is 0 Å². The number of fused-ring (bicyclic) bond motifs is 1. The van der Waals surface area contributed by atoms with Gasteiger partial charge in [-0.05, 0) is 48.2 Å². The third kappa shape index (κ3) is 3.28. The Bertz CT molecular complexity index is 674. The first-order chi connectivity index (χ1) is 11.2. The second-order valence-electron chi connectivity index (χ2n) is 5.25. The lowest BCUT2D eigenvalue weighted by molar-refractivity contribution is 0.171. The van der Waals surface area contributed by atoms with Crippen molar-refractivity contribution in [2.24, 2.45) is 0 Å². The van der Waals surface area contributed by atoms with E-state index in [1.54, 1.807) is 21.3 Å². The van der Waals surface area contributed by atoms with E-state index >= 15 is 0 Å². The second-order valence-corrected chi connectivity index (χ2v) is 5.25. The zero-order valence-corrected chi connectivity index (χ0v) is 13.5. The van der Waals surface area contributed by atoms with E-state index in [-0.39, 0.29) is 6.79 Å². The molecule has 0 amide bonds. The van der Waals surface area contributed by atoms with Crippen LogP contribution in [0, 0.1) is 0 Å². The van der Waals surface area contributed by atoms with Gasteiger partial charge in [0.05, 0.1) is 21.3 Å². The molecule has 0 saturated carbocycles. The van der Waals surface area contributed by atoms with Gasteiger partial charge in [-0.2, -0.15) is 0 Å². The molecular weight excluding hydrogens is 296 g/mol. The maximum absolute atomic E-state index is 5.46. The van der Waals surface area contributed by atoms with E-state index in [0.29, 0.717) is 11.5 Å². The monoisotopic (exact) mass is 316 g/mol. The van der Waals surface area contributed by atoms with Crippen molar-refractivity contribution in [1.29, 1.82) is 0 Å². The van der Waals surface area contributed by atoms with Gasteiger partial charge < -0.3 is 23.7 Å². The normalized spacial score (nSPS) is 12.1. The predicted molar refractivity (Wildman–Crippen MR) is 86.1 cm³/mol. The lowest BCUT2D eigenvalue weighted by Gasteiger charge is -2.10. The number of ether oxygens (including phenoxy) is 5. The average Bonchev–Trinajstić information content (AvgIpc) is 3.07. The van der Waals surface area contributed by atoms with Gasteiger partial charge in [0, 0.05) is 6.07 Å². The van der Waals surface area contributed by atoms with Crippen LogP contribution in [0.4, 0.5) is 0 Å². The molecular formula is C18H20O5. The molecule has 1 heterocycles. The first-order valence-electron chi connectivity index (χ1n) is 7.42. The molecule has 1 aliphatic heterocycles. The molecule has 0 atom stereocenters. The molecule has 2 aromatic rings. The lowest BCUT2D eigenvalue weighted by atomic mass is 10.0. The van der Waals surface area contributed by atoms with Crippen LogP contribution in [0.3, 0.4) is 0 Å². The first kappa shape index (κ1) is 15.3. The van der Waals surface area contributed by atoms with E-state index in [2.05, 4.69) is 0 Å². The maximum atomic E-state index is 5.46. The van der Waals surface area contributed by atoms with Crippen LogP contribution in [0.2, 0.25) is 0 Å². The van der Waals surface area contributed by atoms with Crippen LogP contribution >= 0.6 is 0 Å². The van der Waals surface area contributed by atoms with Crippen LogP contribution < -0.4 is 23.7 Å². The summed E-state index contributed by atoms with van der Waals surface area (Å²) in [6.45, 7) is 0.238. The largest absolute Gasteiger partial charge is 0.497 e. The molecule has 0 spiro atoms. The molecule has 122 valence electrons. The minimum Gasteiger partial charge on any atom is -0.497 e. The van der Waals surface area contributed by atoms with Crippen LogP contribution in [0.5, 0.6) is 28.7 Å². The summed E-state index contributed by atoms with van der Waals surface area (Å²) in [6.07, 6.45) is 1.71. The number of benzene rings is 2. The van der Waals surface area contributed by atoms with Gasteiger partial charge in [-0.3, -0.25) is 0 Å². The third-order valence-electron chi connectivity index (χ3n) is 3.83. The second kappa shape index (κ2) is 6.69. The summed E-state index contributed by atoms with van der Waals surface area (Å²) in [5, 5.41) is 0. The zero-order valence-electron chi connectivity index (χ0n) is 13.5. The van der Waals surface area contributed by atoms with E-state index in [1.165, 1.54) is 0 Å². The van der Waals surface area contributed by atoms with Crippen molar-refractivity contribution in [2.75, 3.05) is 28.1 Å². The zero-order chi connectivity index (χ0) is 16.2. The lowest BCUT2D eigenvalue weighted by Crippen LogP contribution is -1.96. The highest BCUT2D eigenvalue weighted by Crippen LogP contribution is 2.42. The number of methoxy groups -OCH3 is 3. The molecule has 0 aromatic heterocycles. The molecule has 1 aliphatic rings. The summed E-state index contributed by atoms with van der Waals surface area (Å²) >= 11 is 0. The molecule has 23 heavy (non-hydrogen) atoms. The predicted octanol–water partition coefficient (Wildman–Crippen LogP) is 3.23. The Kier molecular flexibility index (Phi) is 4.46. The highest BCUT2D eigenvalue weighted by molar-refractivity contribution is 5.55. The third-order valence-corrected chi connectivity index (χ3v) is 3.83. The van der Waals surface area contributed by atoms with Crippen molar-refractivity contribution in [2.45, 2.75) is 12.8 Å². The van der Waals surface area contributed by atoms with Crippen LogP contribution in [-0.2, 0) is 12.8 Å². The number of hydrogen-bond acceptors (Lipinski definition) is 5. The molecule has 0 unspecified atom stereocenters. The van der Waals surface area contributed by atoms with Crippen molar-refractivity contribution in [3.8, 4) is 28.7 Å². The molecule has 0 radical (unpaired) electrons. The highest BCUT2D eigenvalue weighted by Gasteiger charge is 2.20. The Labute approximate surface area is 135 Å². The minimum atomic E-state index is 0.238. The van der Waals surface area contributed by atoms with Crippen LogP contribution in [0.1, 0.15) is 11.1 Å². The standard InChI is InChI=1S/C18H20O5/c1-19-14-6-12(7-15(10-14)20-2)4-5-13-8-16(21-3)18-17(9-13)22-11-23-18/h6-10H,4-5,11H2,1-3H3. The van der Waals surface area contributed by atoms with E-state index in [4.69, 9.17) is 23.7 Å². The van der Waals surface area contributed by atoms with Gasteiger partial charge in [0.1, 0.15) is 11.5 Å². The molecule has 2 aromatic carbocycles. The molecule has 5 heteroatoms. The highest BCUT2D eigenvalue weighted by atomic mass is 16.7. The van der Waals surface area contributed by atoms with Crippen LogP contribution in [0.15, 0.2) is 30.3 Å². The van der Waals surface area contributed by atoms with Crippen molar-refractivity contribution in [1.82, 2.24) is 0 Å². The van der Waals surface area contributed by atoms with Gasteiger partial charge in [0.2, 0.25) is 12.5 Å². The van der Waals surface area contributed by atoms with E-state index in [0.717, 1.165) is 41.2 Å². The van der Waals surface area contributed by atoms with Crippen molar-refractivity contribution < 1.29 is 23.7 Å². The van der Waals surface area contributed by atoms with Gasteiger partial charge in [0.25, 0.3) is 0 Å².